The van der Waals surface area contributed by atoms with Gasteiger partial charge in [-0.3, -0.25) is 14.5 Å². The number of nitrogens with zero attached hydrogens (tertiary/aromatic N) is 1. The van der Waals surface area contributed by atoms with Gasteiger partial charge in [0.05, 0.1) is 25.7 Å². The van der Waals surface area contributed by atoms with Gasteiger partial charge in [-0.05, 0) is 51.4 Å². The number of hydrogen-bond donors (Lipinski definition) is 1. The second-order valence-corrected chi connectivity index (χ2v) is 7.64. The van der Waals surface area contributed by atoms with Crippen LogP contribution in [0.3, 0.4) is 0 Å². The summed E-state index contributed by atoms with van der Waals surface area (Å²) < 4.78 is 10.9. The summed E-state index contributed by atoms with van der Waals surface area (Å²) in [5, 5.41) is 2.95. The lowest BCUT2D eigenvalue weighted by molar-refractivity contribution is -0.149. The van der Waals surface area contributed by atoms with Gasteiger partial charge in [0.1, 0.15) is 5.75 Å². The molecule has 29 heavy (non-hydrogen) atoms. The SMILES string of the molecule is CCCCCCCOc1cccc(NC(=O)CN2CCC(C(=O)OCC)CC2)c1. The Kier molecular flexibility index (Phi) is 10.6. The van der Waals surface area contributed by atoms with Crippen LogP contribution >= 0.6 is 0 Å². The van der Waals surface area contributed by atoms with Crippen LogP contribution in [-0.4, -0.2) is 49.6 Å². The summed E-state index contributed by atoms with van der Waals surface area (Å²) in [5.74, 6) is 0.591. The Morgan fingerprint density at radius 1 is 1.10 bits per heavy atom. The Labute approximate surface area is 174 Å². The number of ether oxygens (including phenoxy) is 2. The van der Waals surface area contributed by atoms with Crippen LogP contribution in [0.4, 0.5) is 5.69 Å². The predicted molar refractivity (Wildman–Crippen MR) is 115 cm³/mol. The number of piperidine rings is 1. The molecule has 1 aromatic rings. The molecule has 0 saturated carbocycles. The minimum atomic E-state index is -0.112. The molecule has 0 aromatic heterocycles. The Bertz CT molecular complexity index is 627. The number of carbonyl (C=O) groups is 2. The fourth-order valence-corrected chi connectivity index (χ4v) is 3.55. The van der Waals surface area contributed by atoms with Gasteiger partial charge < -0.3 is 14.8 Å². The quantitative estimate of drug-likeness (QED) is 0.417. The van der Waals surface area contributed by atoms with E-state index in [2.05, 4.69) is 17.1 Å². The number of unbranched alkanes of at least 4 members (excludes halogenated alkanes) is 4. The van der Waals surface area contributed by atoms with Gasteiger partial charge in [-0.1, -0.05) is 38.7 Å². The van der Waals surface area contributed by atoms with Crippen molar-refractivity contribution in [2.45, 2.75) is 58.8 Å². The van der Waals surface area contributed by atoms with Crippen LogP contribution in [0.1, 0.15) is 58.8 Å². The number of hydrogen-bond acceptors (Lipinski definition) is 5. The van der Waals surface area contributed by atoms with E-state index in [1.807, 2.05) is 31.2 Å². The molecular formula is C23H36N2O4. The van der Waals surface area contributed by atoms with E-state index >= 15 is 0 Å². The van der Waals surface area contributed by atoms with E-state index in [1.165, 1.54) is 25.7 Å². The zero-order chi connectivity index (χ0) is 20.9. The maximum absolute atomic E-state index is 12.4. The third-order valence-electron chi connectivity index (χ3n) is 5.21. The van der Waals surface area contributed by atoms with Crippen LogP contribution in [0.15, 0.2) is 24.3 Å². The molecule has 1 aliphatic rings. The number of likely N-dealkylation sites (tertiary alicyclic amines) is 1. The number of anilines is 1. The highest BCUT2D eigenvalue weighted by atomic mass is 16.5. The van der Waals surface area contributed by atoms with E-state index in [0.29, 0.717) is 19.8 Å². The summed E-state index contributed by atoms with van der Waals surface area (Å²) in [5.41, 5.74) is 0.750. The first-order valence-electron chi connectivity index (χ1n) is 11.0. The first-order valence-corrected chi connectivity index (χ1v) is 11.0. The van der Waals surface area contributed by atoms with Crippen molar-refractivity contribution in [3.8, 4) is 5.75 Å². The lowest BCUT2D eigenvalue weighted by atomic mass is 9.97. The molecule has 0 unspecified atom stereocenters. The maximum Gasteiger partial charge on any atom is 0.309 e. The lowest BCUT2D eigenvalue weighted by Gasteiger charge is -2.30. The van der Waals surface area contributed by atoms with E-state index < -0.39 is 0 Å². The Hall–Kier alpha value is -2.08. The molecule has 1 aromatic carbocycles. The molecule has 1 fully saturated rings. The lowest BCUT2D eigenvalue weighted by Crippen LogP contribution is -2.41. The summed E-state index contributed by atoms with van der Waals surface area (Å²) in [4.78, 5) is 26.3. The van der Waals surface area contributed by atoms with Crippen LogP contribution in [0.5, 0.6) is 5.75 Å². The summed E-state index contributed by atoms with van der Waals surface area (Å²) in [6.45, 7) is 6.96. The van der Waals surface area contributed by atoms with Crippen molar-refractivity contribution in [3.05, 3.63) is 24.3 Å². The molecule has 0 spiro atoms. The first kappa shape index (κ1) is 23.2. The van der Waals surface area contributed by atoms with Crippen molar-refractivity contribution in [2.24, 2.45) is 5.92 Å². The van der Waals surface area contributed by atoms with Crippen molar-refractivity contribution >= 4 is 17.6 Å². The van der Waals surface area contributed by atoms with Gasteiger partial charge in [0, 0.05) is 11.8 Å². The number of rotatable bonds is 12. The summed E-state index contributed by atoms with van der Waals surface area (Å²) in [6, 6.07) is 7.56. The molecule has 0 radical (unpaired) electrons. The van der Waals surface area contributed by atoms with Gasteiger partial charge in [-0.25, -0.2) is 0 Å². The van der Waals surface area contributed by atoms with Crippen molar-refractivity contribution in [1.82, 2.24) is 4.90 Å². The van der Waals surface area contributed by atoms with Gasteiger partial charge in [0.25, 0.3) is 0 Å². The molecule has 1 heterocycles. The smallest absolute Gasteiger partial charge is 0.309 e. The summed E-state index contributed by atoms with van der Waals surface area (Å²) >= 11 is 0. The average Bonchev–Trinajstić information content (AvgIpc) is 2.71. The Balaban J connectivity index is 1.69. The normalized spacial score (nSPS) is 15.1. The largest absolute Gasteiger partial charge is 0.494 e. The zero-order valence-corrected chi connectivity index (χ0v) is 18.0. The standard InChI is InChI=1S/C23H36N2O4/c1-3-5-6-7-8-16-29-21-11-9-10-20(17-21)24-22(26)18-25-14-12-19(13-15-25)23(27)28-4-2/h9-11,17,19H,3-8,12-16,18H2,1-2H3,(H,24,26). The van der Waals surface area contributed by atoms with E-state index in [4.69, 9.17) is 9.47 Å². The van der Waals surface area contributed by atoms with Crippen LogP contribution in [0, 0.1) is 5.92 Å². The number of esters is 1. The van der Waals surface area contributed by atoms with Gasteiger partial charge >= 0.3 is 5.97 Å². The van der Waals surface area contributed by atoms with Crippen LogP contribution in [0.25, 0.3) is 0 Å². The van der Waals surface area contributed by atoms with Crippen LogP contribution in [0.2, 0.25) is 0 Å². The third-order valence-corrected chi connectivity index (χ3v) is 5.21. The van der Waals surface area contributed by atoms with Crippen molar-refractivity contribution < 1.29 is 19.1 Å². The van der Waals surface area contributed by atoms with E-state index in [-0.39, 0.29) is 17.8 Å². The molecule has 2 rings (SSSR count). The van der Waals surface area contributed by atoms with Crippen molar-refractivity contribution in [3.63, 3.8) is 0 Å². The summed E-state index contributed by atoms with van der Waals surface area (Å²) in [6.07, 6.45) is 7.51. The van der Waals surface area contributed by atoms with Gasteiger partial charge in [0.15, 0.2) is 0 Å². The molecule has 0 aliphatic carbocycles. The fourth-order valence-electron chi connectivity index (χ4n) is 3.55. The van der Waals surface area contributed by atoms with Crippen LogP contribution < -0.4 is 10.1 Å². The second-order valence-electron chi connectivity index (χ2n) is 7.64. The molecule has 6 nitrogen and oxygen atoms in total. The van der Waals surface area contributed by atoms with E-state index in [9.17, 15) is 9.59 Å². The minimum absolute atomic E-state index is 0.0370. The summed E-state index contributed by atoms with van der Waals surface area (Å²) in [7, 11) is 0. The zero-order valence-electron chi connectivity index (χ0n) is 18.0. The minimum Gasteiger partial charge on any atom is -0.494 e. The highest BCUT2D eigenvalue weighted by Crippen LogP contribution is 2.20. The predicted octanol–water partition coefficient (Wildman–Crippen LogP) is 4.25. The Morgan fingerprint density at radius 3 is 2.59 bits per heavy atom. The number of amides is 1. The molecule has 1 saturated heterocycles. The fraction of sp³-hybridized carbons (Fsp3) is 0.652. The van der Waals surface area contributed by atoms with E-state index in [1.54, 1.807) is 0 Å². The van der Waals surface area contributed by atoms with Gasteiger partial charge in [0.2, 0.25) is 5.91 Å². The highest BCUT2D eigenvalue weighted by molar-refractivity contribution is 5.92. The first-order chi connectivity index (χ1) is 14.1. The molecule has 1 N–H and O–H groups in total. The second kappa shape index (κ2) is 13.2. The highest BCUT2D eigenvalue weighted by Gasteiger charge is 2.26. The number of nitrogens with one attached hydrogen (secondary N) is 1. The maximum atomic E-state index is 12.4. The molecule has 0 atom stereocenters. The monoisotopic (exact) mass is 404 g/mol. The van der Waals surface area contributed by atoms with Gasteiger partial charge in [-0.2, -0.15) is 0 Å². The molecule has 0 bridgehead atoms. The molecule has 1 amide bonds. The van der Waals surface area contributed by atoms with E-state index in [0.717, 1.165) is 43.8 Å². The molecular weight excluding hydrogens is 368 g/mol. The van der Waals surface area contributed by atoms with Gasteiger partial charge in [-0.15, -0.1) is 0 Å². The third kappa shape index (κ3) is 8.86. The Morgan fingerprint density at radius 2 is 1.86 bits per heavy atom. The molecule has 162 valence electrons. The van der Waals surface area contributed by atoms with Crippen LogP contribution in [-0.2, 0) is 14.3 Å². The topological polar surface area (TPSA) is 67.9 Å². The van der Waals surface area contributed by atoms with Crippen molar-refractivity contribution in [1.29, 1.82) is 0 Å². The number of benzene rings is 1. The molecule has 1 aliphatic heterocycles. The number of carbonyl (C=O) groups excluding carboxylic acids is 2. The average molecular weight is 405 g/mol. The molecule has 6 heteroatoms. The van der Waals surface area contributed by atoms with Crippen molar-refractivity contribution in [2.75, 3.05) is 38.2 Å².